The van der Waals surface area contributed by atoms with Gasteiger partial charge in [-0.2, -0.15) is 0 Å². The number of aromatic amines is 2. The molecule has 1 aromatic carbocycles. The Balaban J connectivity index is 1.50. The van der Waals surface area contributed by atoms with E-state index in [1.54, 1.807) is 18.2 Å². The molecule has 6 nitrogen and oxygen atoms in total. The molecule has 1 aromatic heterocycles. The summed E-state index contributed by atoms with van der Waals surface area (Å²) in [7, 11) is 0. The molecule has 2 aliphatic carbocycles. The third-order valence-electron chi connectivity index (χ3n) is 5.52. The molecule has 0 radical (unpaired) electrons. The number of fused-ring (bicyclic) bond motifs is 1. The fourth-order valence-electron chi connectivity index (χ4n) is 4.06. The van der Waals surface area contributed by atoms with Crippen LogP contribution in [0.25, 0.3) is 11.0 Å². The molecular formula is C17H21N3O3. The highest BCUT2D eigenvalue weighted by Crippen LogP contribution is 2.57. The van der Waals surface area contributed by atoms with Gasteiger partial charge in [0.15, 0.2) is 0 Å². The van der Waals surface area contributed by atoms with Crippen molar-refractivity contribution in [3.05, 3.63) is 34.2 Å². The lowest BCUT2D eigenvalue weighted by molar-refractivity contribution is -0.169. The third-order valence-corrected chi connectivity index (χ3v) is 5.52. The number of hydrogen-bond acceptors (Lipinski definition) is 3. The lowest BCUT2D eigenvalue weighted by Gasteiger charge is -2.61. The van der Waals surface area contributed by atoms with Crippen molar-refractivity contribution in [3.8, 4) is 0 Å². The summed E-state index contributed by atoms with van der Waals surface area (Å²) in [5.74, 6) is -0.0832. The van der Waals surface area contributed by atoms with Crippen LogP contribution >= 0.6 is 0 Å². The molecule has 1 spiro atoms. The number of nitrogens with one attached hydrogen (secondary N) is 3. The summed E-state index contributed by atoms with van der Waals surface area (Å²) >= 11 is 0. The van der Waals surface area contributed by atoms with E-state index in [2.05, 4.69) is 15.3 Å². The van der Waals surface area contributed by atoms with Crippen LogP contribution in [0, 0.1) is 5.41 Å². The topological polar surface area (TPSA) is 87.0 Å². The molecule has 3 N–H and O–H groups in total. The summed E-state index contributed by atoms with van der Waals surface area (Å²) in [5, 5.41) is 3.16. The number of ether oxygens (including phenoxy) is 1. The van der Waals surface area contributed by atoms with Crippen LogP contribution in [0.4, 0.5) is 0 Å². The van der Waals surface area contributed by atoms with Crippen LogP contribution in [0.3, 0.4) is 0 Å². The van der Waals surface area contributed by atoms with Crippen molar-refractivity contribution in [2.45, 2.75) is 44.8 Å². The van der Waals surface area contributed by atoms with Crippen LogP contribution in [0.5, 0.6) is 0 Å². The minimum Gasteiger partial charge on any atom is -0.378 e. The fraction of sp³-hybridized carbons (Fsp3) is 0.529. The van der Waals surface area contributed by atoms with Gasteiger partial charge in [0, 0.05) is 23.6 Å². The van der Waals surface area contributed by atoms with Gasteiger partial charge in [-0.3, -0.25) is 4.79 Å². The Hall–Kier alpha value is -2.08. The largest absolute Gasteiger partial charge is 0.378 e. The third kappa shape index (κ3) is 2.20. The molecule has 4 rings (SSSR count). The van der Waals surface area contributed by atoms with Crippen LogP contribution in [0.1, 0.15) is 43.0 Å². The minimum absolute atomic E-state index is 0.0832. The van der Waals surface area contributed by atoms with E-state index in [0.717, 1.165) is 25.9 Å². The molecule has 2 aromatic rings. The Labute approximate surface area is 133 Å². The van der Waals surface area contributed by atoms with Crippen LogP contribution in [-0.4, -0.2) is 34.6 Å². The number of amides is 1. The van der Waals surface area contributed by atoms with Crippen molar-refractivity contribution in [2.75, 3.05) is 6.61 Å². The SMILES string of the molecule is CCO[C@H]1C[C@H](NC(=O)c2ccc3[nH]c(=O)[nH]c3c2)C12CCC2. The smallest absolute Gasteiger partial charge is 0.323 e. The summed E-state index contributed by atoms with van der Waals surface area (Å²) in [6.45, 7) is 2.75. The van der Waals surface area contributed by atoms with Gasteiger partial charge in [-0.1, -0.05) is 6.42 Å². The van der Waals surface area contributed by atoms with Crippen molar-refractivity contribution >= 4 is 16.9 Å². The van der Waals surface area contributed by atoms with Gasteiger partial charge in [-0.25, -0.2) is 4.79 Å². The Morgan fingerprint density at radius 2 is 2.13 bits per heavy atom. The predicted molar refractivity (Wildman–Crippen MR) is 86.5 cm³/mol. The van der Waals surface area contributed by atoms with E-state index in [0.29, 0.717) is 16.6 Å². The van der Waals surface area contributed by atoms with Crippen LogP contribution in [-0.2, 0) is 4.74 Å². The second-order valence-corrected chi connectivity index (χ2v) is 6.63. The van der Waals surface area contributed by atoms with Crippen molar-refractivity contribution in [1.82, 2.24) is 15.3 Å². The highest BCUT2D eigenvalue weighted by molar-refractivity contribution is 5.97. The molecule has 1 amide bonds. The molecule has 6 heteroatoms. The van der Waals surface area contributed by atoms with Crippen molar-refractivity contribution in [1.29, 1.82) is 0 Å². The van der Waals surface area contributed by atoms with Gasteiger partial charge in [0.05, 0.1) is 17.1 Å². The Bertz CT molecular complexity index is 803. The number of imidazole rings is 1. The average Bonchev–Trinajstić information content (AvgIpc) is 2.83. The summed E-state index contributed by atoms with van der Waals surface area (Å²) < 4.78 is 5.82. The Morgan fingerprint density at radius 3 is 2.83 bits per heavy atom. The highest BCUT2D eigenvalue weighted by Gasteiger charge is 2.59. The molecule has 1 heterocycles. The van der Waals surface area contributed by atoms with E-state index in [1.165, 1.54) is 6.42 Å². The maximum atomic E-state index is 12.5. The zero-order valence-electron chi connectivity index (χ0n) is 13.1. The number of H-pyrrole nitrogens is 2. The number of hydrogen-bond donors (Lipinski definition) is 3. The molecule has 2 saturated carbocycles. The molecule has 0 bridgehead atoms. The van der Waals surface area contributed by atoms with Crippen molar-refractivity contribution < 1.29 is 9.53 Å². The first kappa shape index (κ1) is 14.5. The molecule has 0 saturated heterocycles. The van der Waals surface area contributed by atoms with Crippen LogP contribution < -0.4 is 11.0 Å². The second-order valence-electron chi connectivity index (χ2n) is 6.63. The van der Waals surface area contributed by atoms with Gasteiger partial charge in [0.25, 0.3) is 5.91 Å². The molecule has 2 atom stereocenters. The van der Waals surface area contributed by atoms with Crippen molar-refractivity contribution in [3.63, 3.8) is 0 Å². The zero-order valence-corrected chi connectivity index (χ0v) is 13.1. The Morgan fingerprint density at radius 1 is 1.35 bits per heavy atom. The molecule has 2 aliphatic rings. The van der Waals surface area contributed by atoms with E-state index in [-0.39, 0.29) is 29.2 Å². The molecule has 0 unspecified atom stereocenters. The summed E-state index contributed by atoms with van der Waals surface area (Å²) in [4.78, 5) is 29.2. The molecular weight excluding hydrogens is 294 g/mol. The van der Waals surface area contributed by atoms with Crippen molar-refractivity contribution in [2.24, 2.45) is 5.41 Å². The number of benzene rings is 1. The van der Waals surface area contributed by atoms with E-state index in [1.807, 2.05) is 6.92 Å². The molecule has 0 aliphatic heterocycles. The normalized spacial score (nSPS) is 25.1. The van der Waals surface area contributed by atoms with Crippen LogP contribution in [0.2, 0.25) is 0 Å². The monoisotopic (exact) mass is 315 g/mol. The first-order valence-corrected chi connectivity index (χ1v) is 8.27. The summed E-state index contributed by atoms with van der Waals surface area (Å²) in [6.07, 6.45) is 4.66. The summed E-state index contributed by atoms with van der Waals surface area (Å²) in [6, 6.07) is 5.41. The molecule has 23 heavy (non-hydrogen) atoms. The maximum Gasteiger partial charge on any atom is 0.323 e. The first-order valence-electron chi connectivity index (χ1n) is 8.27. The number of aromatic nitrogens is 2. The zero-order chi connectivity index (χ0) is 16.0. The predicted octanol–water partition coefficient (Wildman–Crippen LogP) is 1.93. The number of carbonyl (C=O) groups is 1. The van der Waals surface area contributed by atoms with Gasteiger partial charge >= 0.3 is 5.69 Å². The minimum atomic E-state index is -0.260. The fourth-order valence-corrected chi connectivity index (χ4v) is 4.06. The van der Waals surface area contributed by atoms with Crippen LogP contribution in [0.15, 0.2) is 23.0 Å². The molecule has 2 fully saturated rings. The standard InChI is InChI=1S/C17H21N3O3/c1-2-23-14-9-13(17(14)6-3-7-17)20-15(21)10-4-5-11-12(8-10)19-16(22)18-11/h4-5,8,13-14H,2-3,6-7,9H2,1H3,(H,20,21)(H2,18,19,22)/t13-,14-/m0/s1. The van der Waals surface area contributed by atoms with E-state index in [9.17, 15) is 9.59 Å². The first-order chi connectivity index (χ1) is 11.1. The average molecular weight is 315 g/mol. The van der Waals surface area contributed by atoms with E-state index in [4.69, 9.17) is 4.74 Å². The lowest BCUT2D eigenvalue weighted by Crippen LogP contribution is -2.67. The van der Waals surface area contributed by atoms with E-state index >= 15 is 0 Å². The quantitative estimate of drug-likeness (QED) is 0.806. The van der Waals surface area contributed by atoms with Gasteiger partial charge in [-0.15, -0.1) is 0 Å². The second kappa shape index (κ2) is 5.23. The highest BCUT2D eigenvalue weighted by atomic mass is 16.5. The van der Waals surface area contributed by atoms with Gasteiger partial charge in [0.2, 0.25) is 0 Å². The molecule has 122 valence electrons. The van der Waals surface area contributed by atoms with Gasteiger partial charge < -0.3 is 20.0 Å². The Kier molecular flexibility index (Phi) is 3.30. The van der Waals surface area contributed by atoms with Gasteiger partial charge in [-0.05, 0) is 44.4 Å². The van der Waals surface area contributed by atoms with Gasteiger partial charge in [0.1, 0.15) is 0 Å². The number of carbonyl (C=O) groups excluding carboxylic acids is 1. The van der Waals surface area contributed by atoms with E-state index < -0.39 is 0 Å². The summed E-state index contributed by atoms with van der Waals surface area (Å²) in [5.41, 5.74) is 1.83. The lowest BCUT2D eigenvalue weighted by atomic mass is 9.51. The number of rotatable bonds is 4. The maximum absolute atomic E-state index is 12.5.